The number of nitrogen functional groups attached to an aromatic ring is 1. The SMILES string of the molecule is COc1c(NN)ncnc1N1CCC1. The highest BCUT2D eigenvalue weighted by atomic mass is 16.5. The summed E-state index contributed by atoms with van der Waals surface area (Å²) in [6, 6.07) is 0. The Balaban J connectivity index is 2.36. The minimum Gasteiger partial charge on any atom is -0.490 e. The van der Waals surface area contributed by atoms with Gasteiger partial charge in [-0.3, -0.25) is 0 Å². The Morgan fingerprint density at radius 3 is 2.79 bits per heavy atom. The number of hydrazine groups is 1. The van der Waals surface area contributed by atoms with Gasteiger partial charge in [-0.25, -0.2) is 15.8 Å². The fourth-order valence-electron chi connectivity index (χ4n) is 1.41. The van der Waals surface area contributed by atoms with Gasteiger partial charge in [0.1, 0.15) is 6.33 Å². The Hall–Kier alpha value is -1.56. The third kappa shape index (κ3) is 1.33. The maximum atomic E-state index is 5.32. The Labute approximate surface area is 82.1 Å². The molecule has 0 bridgehead atoms. The molecule has 14 heavy (non-hydrogen) atoms. The van der Waals surface area contributed by atoms with Crippen LogP contribution in [0.2, 0.25) is 0 Å². The normalized spacial score (nSPS) is 14.9. The Morgan fingerprint density at radius 2 is 2.29 bits per heavy atom. The minimum absolute atomic E-state index is 0.518. The molecule has 0 amide bonds. The highest BCUT2D eigenvalue weighted by molar-refractivity contribution is 5.64. The van der Waals surface area contributed by atoms with E-state index in [0.717, 1.165) is 18.9 Å². The molecule has 0 aliphatic carbocycles. The number of nitrogens with two attached hydrogens (primary N) is 1. The van der Waals surface area contributed by atoms with Gasteiger partial charge < -0.3 is 15.1 Å². The van der Waals surface area contributed by atoms with Crippen LogP contribution in [0.4, 0.5) is 11.6 Å². The van der Waals surface area contributed by atoms with Crippen LogP contribution < -0.4 is 20.9 Å². The molecule has 1 aromatic rings. The molecule has 1 aliphatic heterocycles. The van der Waals surface area contributed by atoms with Gasteiger partial charge in [-0.05, 0) is 6.42 Å². The van der Waals surface area contributed by atoms with Crippen LogP contribution in [0.15, 0.2) is 6.33 Å². The number of nitrogens with one attached hydrogen (secondary N) is 1. The van der Waals surface area contributed by atoms with Gasteiger partial charge >= 0.3 is 0 Å². The van der Waals surface area contributed by atoms with Gasteiger partial charge in [0, 0.05) is 13.1 Å². The average molecular weight is 195 g/mol. The second kappa shape index (κ2) is 3.67. The van der Waals surface area contributed by atoms with Gasteiger partial charge in [0.2, 0.25) is 5.75 Å². The first-order valence-corrected chi connectivity index (χ1v) is 4.47. The van der Waals surface area contributed by atoms with Crippen LogP contribution in [-0.4, -0.2) is 30.2 Å². The Bertz CT molecular complexity index is 326. The predicted molar refractivity (Wildman–Crippen MR) is 53.2 cm³/mol. The van der Waals surface area contributed by atoms with Gasteiger partial charge in [0.25, 0.3) is 0 Å². The first kappa shape index (κ1) is 9.01. The summed E-state index contributed by atoms with van der Waals surface area (Å²) < 4.78 is 5.22. The van der Waals surface area contributed by atoms with Crippen LogP contribution in [-0.2, 0) is 0 Å². The van der Waals surface area contributed by atoms with Crippen molar-refractivity contribution in [1.82, 2.24) is 9.97 Å². The van der Waals surface area contributed by atoms with Gasteiger partial charge in [-0.15, -0.1) is 0 Å². The molecule has 0 radical (unpaired) electrons. The highest BCUT2D eigenvalue weighted by Crippen LogP contribution is 2.33. The molecule has 1 fully saturated rings. The van der Waals surface area contributed by atoms with Crippen molar-refractivity contribution in [3.8, 4) is 5.75 Å². The number of ether oxygens (including phenoxy) is 1. The lowest BCUT2D eigenvalue weighted by Gasteiger charge is -2.32. The van der Waals surface area contributed by atoms with Gasteiger partial charge in [-0.2, -0.15) is 0 Å². The van der Waals surface area contributed by atoms with Crippen molar-refractivity contribution in [2.75, 3.05) is 30.5 Å². The van der Waals surface area contributed by atoms with Crippen LogP contribution in [0.5, 0.6) is 5.75 Å². The summed E-state index contributed by atoms with van der Waals surface area (Å²) in [5.74, 6) is 7.25. The summed E-state index contributed by atoms with van der Waals surface area (Å²) in [7, 11) is 1.59. The molecule has 0 saturated carbocycles. The number of hydrogen-bond acceptors (Lipinski definition) is 6. The molecule has 0 atom stereocenters. The van der Waals surface area contributed by atoms with E-state index >= 15 is 0 Å². The van der Waals surface area contributed by atoms with Gasteiger partial charge in [0.15, 0.2) is 11.6 Å². The van der Waals surface area contributed by atoms with Crippen LogP contribution in [0.3, 0.4) is 0 Å². The maximum absolute atomic E-state index is 5.32. The highest BCUT2D eigenvalue weighted by Gasteiger charge is 2.22. The van der Waals surface area contributed by atoms with E-state index < -0.39 is 0 Å². The standard InChI is InChI=1S/C8H13N5O/c1-14-6-7(12-9)10-5-11-8(6)13-3-2-4-13/h5H,2-4,9H2,1H3,(H,10,11,12). The second-order valence-electron chi connectivity index (χ2n) is 3.06. The second-order valence-corrected chi connectivity index (χ2v) is 3.06. The predicted octanol–water partition coefficient (Wildman–Crippen LogP) is -0.0191. The molecule has 2 heterocycles. The zero-order valence-electron chi connectivity index (χ0n) is 8.03. The minimum atomic E-state index is 0.518. The quantitative estimate of drug-likeness (QED) is 0.521. The zero-order chi connectivity index (χ0) is 9.97. The summed E-state index contributed by atoms with van der Waals surface area (Å²) in [4.78, 5) is 10.3. The number of anilines is 2. The molecule has 6 nitrogen and oxygen atoms in total. The lowest BCUT2D eigenvalue weighted by molar-refractivity contribution is 0.409. The van der Waals surface area contributed by atoms with E-state index in [4.69, 9.17) is 10.6 Å². The summed E-state index contributed by atoms with van der Waals surface area (Å²) in [6.45, 7) is 2.02. The van der Waals surface area contributed by atoms with E-state index in [-0.39, 0.29) is 0 Å². The van der Waals surface area contributed by atoms with E-state index in [9.17, 15) is 0 Å². The molecular formula is C8H13N5O. The van der Waals surface area contributed by atoms with Crippen LogP contribution in [0.25, 0.3) is 0 Å². The molecular weight excluding hydrogens is 182 g/mol. The van der Waals surface area contributed by atoms with Crippen molar-refractivity contribution >= 4 is 11.6 Å². The first-order chi connectivity index (χ1) is 6.86. The molecule has 6 heteroatoms. The van der Waals surface area contributed by atoms with E-state index in [1.165, 1.54) is 12.7 Å². The molecule has 76 valence electrons. The molecule has 2 rings (SSSR count). The molecule has 1 saturated heterocycles. The number of aromatic nitrogens is 2. The van der Waals surface area contributed by atoms with E-state index in [1.807, 2.05) is 0 Å². The molecule has 1 aromatic heterocycles. The molecule has 0 aromatic carbocycles. The van der Waals surface area contributed by atoms with Crippen LogP contribution in [0.1, 0.15) is 6.42 Å². The molecule has 1 aliphatic rings. The van der Waals surface area contributed by atoms with Gasteiger partial charge in [-0.1, -0.05) is 0 Å². The maximum Gasteiger partial charge on any atom is 0.205 e. The first-order valence-electron chi connectivity index (χ1n) is 4.47. The molecule has 0 unspecified atom stereocenters. The number of rotatable bonds is 3. The van der Waals surface area contributed by atoms with Crippen LogP contribution >= 0.6 is 0 Å². The van der Waals surface area contributed by atoms with Crippen molar-refractivity contribution in [2.45, 2.75) is 6.42 Å². The fourth-order valence-corrected chi connectivity index (χ4v) is 1.41. The third-order valence-electron chi connectivity index (χ3n) is 2.28. The van der Waals surface area contributed by atoms with Crippen LogP contribution in [0, 0.1) is 0 Å². The third-order valence-corrected chi connectivity index (χ3v) is 2.28. The average Bonchev–Trinajstić information content (AvgIpc) is 2.15. The van der Waals surface area contributed by atoms with Gasteiger partial charge in [0.05, 0.1) is 7.11 Å². The molecule has 3 N–H and O–H groups in total. The van der Waals surface area contributed by atoms with Crippen molar-refractivity contribution < 1.29 is 4.74 Å². The fraction of sp³-hybridized carbons (Fsp3) is 0.500. The summed E-state index contributed by atoms with van der Waals surface area (Å²) in [5.41, 5.74) is 2.49. The van der Waals surface area contributed by atoms with Crippen molar-refractivity contribution in [3.05, 3.63) is 6.33 Å². The topological polar surface area (TPSA) is 76.3 Å². The lowest BCUT2D eigenvalue weighted by atomic mass is 10.2. The summed E-state index contributed by atoms with van der Waals surface area (Å²) in [6.07, 6.45) is 2.67. The lowest BCUT2D eigenvalue weighted by Crippen LogP contribution is -2.38. The van der Waals surface area contributed by atoms with E-state index in [1.54, 1.807) is 7.11 Å². The molecule has 0 spiro atoms. The zero-order valence-corrected chi connectivity index (χ0v) is 8.03. The Kier molecular flexibility index (Phi) is 2.36. The van der Waals surface area contributed by atoms with Crippen molar-refractivity contribution in [1.29, 1.82) is 0 Å². The number of methoxy groups -OCH3 is 1. The van der Waals surface area contributed by atoms with Crippen molar-refractivity contribution in [2.24, 2.45) is 5.84 Å². The number of nitrogens with zero attached hydrogens (tertiary/aromatic N) is 3. The number of hydrogen-bond donors (Lipinski definition) is 2. The van der Waals surface area contributed by atoms with E-state index in [0.29, 0.717) is 11.6 Å². The summed E-state index contributed by atoms with van der Waals surface area (Å²) >= 11 is 0. The Morgan fingerprint density at radius 1 is 1.50 bits per heavy atom. The van der Waals surface area contributed by atoms with E-state index in [2.05, 4.69) is 20.3 Å². The van der Waals surface area contributed by atoms with Crippen molar-refractivity contribution in [3.63, 3.8) is 0 Å². The summed E-state index contributed by atoms with van der Waals surface area (Å²) in [5, 5.41) is 0. The smallest absolute Gasteiger partial charge is 0.205 e. The largest absolute Gasteiger partial charge is 0.490 e. The monoisotopic (exact) mass is 195 g/mol.